The van der Waals surface area contributed by atoms with Gasteiger partial charge in [-0.3, -0.25) is 0 Å². The van der Waals surface area contributed by atoms with Crippen molar-refractivity contribution in [2.45, 2.75) is 95.9 Å². The van der Waals surface area contributed by atoms with Crippen molar-refractivity contribution in [2.24, 2.45) is 0 Å². The first-order chi connectivity index (χ1) is 9.77. The third-order valence-electron chi connectivity index (χ3n) is 3.81. The Morgan fingerprint density at radius 2 is 0.800 bits per heavy atom. The summed E-state index contributed by atoms with van der Waals surface area (Å²) in [7, 11) is -1.32. The average molecular weight is 451 g/mol. The lowest BCUT2D eigenvalue weighted by Crippen LogP contribution is -1.91. The molecule has 0 bridgehead atoms. The summed E-state index contributed by atoms with van der Waals surface area (Å²) < 4.78 is 1.33. The number of halogens is 3. The predicted octanol–water partition coefficient (Wildman–Crippen LogP) is 7.58. The topological polar surface area (TPSA) is 0 Å². The van der Waals surface area contributed by atoms with Gasteiger partial charge < -0.3 is 0 Å². The standard InChI is InChI=1S/C16H33Cl2ISi/c17-20(18)16-14-12-10-8-6-4-2-1-3-5-7-9-11-13-15-19/h20H,1-16H2. The third-order valence-corrected chi connectivity index (χ3v) is 6.72. The first-order valence-corrected chi connectivity index (χ1v) is 14.4. The summed E-state index contributed by atoms with van der Waals surface area (Å²) in [4.78, 5) is 0. The van der Waals surface area contributed by atoms with E-state index in [4.69, 9.17) is 22.2 Å². The maximum absolute atomic E-state index is 5.84. The fraction of sp³-hybridized carbons (Fsp3) is 1.00. The molecule has 0 amide bonds. The lowest BCUT2D eigenvalue weighted by molar-refractivity contribution is 0.539. The van der Waals surface area contributed by atoms with Crippen LogP contribution in [0.4, 0.5) is 0 Å². The Balaban J connectivity index is 2.92. The molecule has 0 aromatic carbocycles. The van der Waals surface area contributed by atoms with E-state index in [9.17, 15) is 0 Å². The maximum atomic E-state index is 5.84. The van der Waals surface area contributed by atoms with Gasteiger partial charge in [-0.2, -0.15) is 22.2 Å². The lowest BCUT2D eigenvalue weighted by Gasteiger charge is -2.03. The minimum absolute atomic E-state index is 1.10. The van der Waals surface area contributed by atoms with Gasteiger partial charge in [-0.15, -0.1) is 0 Å². The smallest absolute Gasteiger partial charge is 0.150 e. The number of hydrogen-bond acceptors (Lipinski definition) is 0. The number of rotatable bonds is 16. The first kappa shape index (κ1) is 21.5. The van der Waals surface area contributed by atoms with Crippen LogP contribution < -0.4 is 0 Å². The van der Waals surface area contributed by atoms with Crippen LogP contribution in [0.25, 0.3) is 0 Å². The summed E-state index contributed by atoms with van der Waals surface area (Å²) in [5, 5.41) is 0. The van der Waals surface area contributed by atoms with Gasteiger partial charge in [0, 0.05) is 0 Å². The second-order valence-electron chi connectivity index (χ2n) is 5.82. The van der Waals surface area contributed by atoms with Crippen molar-refractivity contribution in [1.29, 1.82) is 0 Å². The quantitative estimate of drug-likeness (QED) is 0.0746. The van der Waals surface area contributed by atoms with Crippen molar-refractivity contribution in [1.82, 2.24) is 0 Å². The fourth-order valence-electron chi connectivity index (χ4n) is 2.51. The van der Waals surface area contributed by atoms with Crippen LogP contribution in [0.3, 0.4) is 0 Å². The molecule has 0 aliphatic carbocycles. The highest BCUT2D eigenvalue weighted by Gasteiger charge is 2.00. The van der Waals surface area contributed by atoms with E-state index in [1.54, 1.807) is 0 Å². The Labute approximate surface area is 151 Å². The van der Waals surface area contributed by atoms with Gasteiger partial charge in [0.25, 0.3) is 0 Å². The summed E-state index contributed by atoms with van der Waals surface area (Å²) in [6.07, 6.45) is 19.9. The van der Waals surface area contributed by atoms with Crippen LogP contribution in [0.2, 0.25) is 6.04 Å². The monoisotopic (exact) mass is 450 g/mol. The van der Waals surface area contributed by atoms with Gasteiger partial charge in [-0.25, -0.2) is 0 Å². The summed E-state index contributed by atoms with van der Waals surface area (Å²) in [6, 6.07) is 1.10. The molecule has 0 spiro atoms. The molecular weight excluding hydrogens is 418 g/mol. The molecule has 20 heavy (non-hydrogen) atoms. The zero-order valence-electron chi connectivity index (χ0n) is 13.0. The van der Waals surface area contributed by atoms with E-state index < -0.39 is 7.42 Å². The molecule has 0 aliphatic heterocycles. The summed E-state index contributed by atoms with van der Waals surface area (Å²) in [6.45, 7) is 0. The van der Waals surface area contributed by atoms with E-state index in [0.717, 1.165) is 6.04 Å². The van der Waals surface area contributed by atoms with E-state index in [1.165, 1.54) is 94.3 Å². The molecule has 0 heterocycles. The van der Waals surface area contributed by atoms with Gasteiger partial charge in [-0.1, -0.05) is 106 Å². The molecule has 0 rings (SSSR count). The molecule has 0 saturated carbocycles. The van der Waals surface area contributed by atoms with Gasteiger partial charge in [0.1, 0.15) is 0 Å². The van der Waals surface area contributed by atoms with Crippen molar-refractivity contribution in [3.8, 4) is 0 Å². The van der Waals surface area contributed by atoms with Gasteiger partial charge >= 0.3 is 0 Å². The Morgan fingerprint density at radius 1 is 0.500 bits per heavy atom. The van der Waals surface area contributed by atoms with E-state index in [0.29, 0.717) is 0 Å². The molecule has 0 saturated heterocycles. The first-order valence-electron chi connectivity index (χ1n) is 8.61. The lowest BCUT2D eigenvalue weighted by atomic mass is 10.0. The molecule has 122 valence electrons. The normalized spacial score (nSPS) is 11.4. The molecule has 0 aromatic heterocycles. The molecular formula is C16H33Cl2ISi. The average Bonchev–Trinajstić information content (AvgIpc) is 2.43. The zero-order chi connectivity index (χ0) is 14.9. The number of unbranched alkanes of at least 4 members (excludes halogenated alkanes) is 13. The van der Waals surface area contributed by atoms with E-state index >= 15 is 0 Å². The van der Waals surface area contributed by atoms with Crippen LogP contribution in [0.5, 0.6) is 0 Å². The van der Waals surface area contributed by atoms with Crippen LogP contribution >= 0.6 is 44.7 Å². The summed E-state index contributed by atoms with van der Waals surface area (Å²) in [5.41, 5.74) is 0. The van der Waals surface area contributed by atoms with Crippen molar-refractivity contribution in [3.05, 3.63) is 0 Å². The van der Waals surface area contributed by atoms with Gasteiger partial charge in [0.05, 0.1) is 0 Å². The molecule has 4 heteroatoms. The minimum atomic E-state index is -1.32. The summed E-state index contributed by atoms with van der Waals surface area (Å²) >= 11 is 14.2. The number of hydrogen-bond donors (Lipinski definition) is 0. The van der Waals surface area contributed by atoms with Crippen LogP contribution in [-0.2, 0) is 0 Å². The molecule has 0 aromatic rings. The fourth-order valence-corrected chi connectivity index (χ4v) is 4.58. The van der Waals surface area contributed by atoms with Crippen LogP contribution in [0.15, 0.2) is 0 Å². The van der Waals surface area contributed by atoms with E-state index in [1.807, 2.05) is 0 Å². The number of alkyl halides is 1. The molecule has 0 unspecified atom stereocenters. The largest absolute Gasteiger partial charge is 0.237 e. The molecule has 0 radical (unpaired) electrons. The Kier molecular flexibility index (Phi) is 20.0. The SMILES string of the molecule is Cl[SiH](Cl)CCCCCCCCCCCCCCCCI. The highest BCUT2D eigenvalue weighted by Crippen LogP contribution is 2.15. The molecule has 0 atom stereocenters. The molecule has 0 nitrogen and oxygen atoms in total. The van der Waals surface area contributed by atoms with Crippen molar-refractivity contribution in [3.63, 3.8) is 0 Å². The van der Waals surface area contributed by atoms with Gasteiger partial charge in [0.15, 0.2) is 0 Å². The molecule has 0 fully saturated rings. The van der Waals surface area contributed by atoms with Crippen molar-refractivity contribution in [2.75, 3.05) is 4.43 Å². The van der Waals surface area contributed by atoms with Crippen LogP contribution in [-0.4, -0.2) is 11.8 Å². The van der Waals surface area contributed by atoms with Gasteiger partial charge in [0.2, 0.25) is 7.42 Å². The Bertz CT molecular complexity index is 180. The summed E-state index contributed by atoms with van der Waals surface area (Å²) in [5.74, 6) is 0. The van der Waals surface area contributed by atoms with Gasteiger partial charge in [-0.05, 0) is 16.9 Å². The van der Waals surface area contributed by atoms with Crippen LogP contribution in [0, 0.1) is 0 Å². The van der Waals surface area contributed by atoms with Crippen molar-refractivity contribution >= 4 is 52.2 Å². The second kappa shape index (κ2) is 18.6. The molecule has 0 N–H and O–H groups in total. The highest BCUT2D eigenvalue weighted by molar-refractivity contribution is 14.1. The highest BCUT2D eigenvalue weighted by atomic mass is 127. The van der Waals surface area contributed by atoms with Crippen LogP contribution in [0.1, 0.15) is 89.9 Å². The Morgan fingerprint density at radius 3 is 1.10 bits per heavy atom. The molecule has 0 aliphatic rings. The third kappa shape index (κ3) is 19.5. The second-order valence-corrected chi connectivity index (χ2v) is 12.1. The Hall–Kier alpha value is 1.53. The van der Waals surface area contributed by atoms with Crippen molar-refractivity contribution < 1.29 is 0 Å². The zero-order valence-corrected chi connectivity index (χ0v) is 17.8. The minimum Gasteiger partial charge on any atom is -0.150 e. The maximum Gasteiger partial charge on any atom is 0.237 e. The van der Waals surface area contributed by atoms with E-state index in [2.05, 4.69) is 22.6 Å². The predicted molar refractivity (Wildman–Crippen MR) is 107 cm³/mol. The van der Waals surface area contributed by atoms with E-state index in [-0.39, 0.29) is 0 Å².